The van der Waals surface area contributed by atoms with Crippen molar-refractivity contribution in [3.8, 4) is 11.3 Å². The van der Waals surface area contributed by atoms with Gasteiger partial charge in [-0.25, -0.2) is 9.97 Å². The Labute approximate surface area is 166 Å². The van der Waals surface area contributed by atoms with Gasteiger partial charge in [0.25, 0.3) is 5.91 Å². The van der Waals surface area contributed by atoms with Gasteiger partial charge in [0.1, 0.15) is 10.7 Å². The maximum absolute atomic E-state index is 12.8. The molecular formula is C20H19ClN4OS. The van der Waals surface area contributed by atoms with E-state index in [0.29, 0.717) is 16.6 Å². The molecule has 5 nitrogen and oxygen atoms in total. The van der Waals surface area contributed by atoms with Crippen LogP contribution in [0.4, 0.5) is 0 Å². The monoisotopic (exact) mass is 398 g/mol. The Morgan fingerprint density at radius 3 is 2.78 bits per heavy atom. The summed E-state index contributed by atoms with van der Waals surface area (Å²) in [5.74, 6) is 0.142. The first-order chi connectivity index (χ1) is 12.9. The molecule has 0 atom stereocenters. The van der Waals surface area contributed by atoms with E-state index in [4.69, 9.17) is 11.6 Å². The van der Waals surface area contributed by atoms with Crippen LogP contribution in [0.1, 0.15) is 53.8 Å². The number of carbonyl (C=O) groups excluding carboxylic acids is 1. The summed E-state index contributed by atoms with van der Waals surface area (Å²) in [4.78, 5) is 26.4. The van der Waals surface area contributed by atoms with Gasteiger partial charge in [-0.3, -0.25) is 9.78 Å². The number of nitrogens with zero attached hydrogens (tertiary/aromatic N) is 3. The Morgan fingerprint density at radius 1 is 1.30 bits per heavy atom. The Morgan fingerprint density at radius 2 is 2.11 bits per heavy atom. The van der Waals surface area contributed by atoms with Gasteiger partial charge >= 0.3 is 0 Å². The summed E-state index contributed by atoms with van der Waals surface area (Å²) < 4.78 is 0. The van der Waals surface area contributed by atoms with Crippen molar-refractivity contribution in [3.05, 3.63) is 63.5 Å². The average Bonchev–Trinajstić information content (AvgIpc) is 3.33. The molecular weight excluding hydrogens is 380 g/mol. The van der Waals surface area contributed by atoms with Gasteiger partial charge in [0.15, 0.2) is 0 Å². The molecule has 138 valence electrons. The molecule has 0 unspecified atom stereocenters. The molecule has 2 aromatic heterocycles. The fourth-order valence-electron chi connectivity index (χ4n) is 2.95. The van der Waals surface area contributed by atoms with Crippen LogP contribution in [0.15, 0.2) is 42.0 Å². The van der Waals surface area contributed by atoms with E-state index in [1.807, 2.05) is 43.5 Å². The van der Waals surface area contributed by atoms with Crippen molar-refractivity contribution in [2.24, 2.45) is 0 Å². The minimum absolute atomic E-state index is 0.270. The first kappa shape index (κ1) is 18.1. The van der Waals surface area contributed by atoms with Crippen LogP contribution in [-0.4, -0.2) is 20.9 Å². The zero-order chi connectivity index (χ0) is 19.0. The highest BCUT2D eigenvalue weighted by Crippen LogP contribution is 2.42. The van der Waals surface area contributed by atoms with Crippen molar-refractivity contribution in [3.63, 3.8) is 0 Å². The van der Waals surface area contributed by atoms with Gasteiger partial charge in [-0.2, -0.15) is 0 Å². The van der Waals surface area contributed by atoms with Crippen LogP contribution in [0.5, 0.6) is 0 Å². The van der Waals surface area contributed by atoms with Gasteiger partial charge in [0.05, 0.1) is 23.1 Å². The molecule has 3 aromatic rings. The predicted octanol–water partition coefficient (Wildman–Crippen LogP) is 4.80. The van der Waals surface area contributed by atoms with E-state index in [9.17, 15) is 4.79 Å². The lowest BCUT2D eigenvalue weighted by Gasteiger charge is -2.23. The summed E-state index contributed by atoms with van der Waals surface area (Å²) in [6, 6.07) is 7.51. The van der Waals surface area contributed by atoms with E-state index in [-0.39, 0.29) is 5.91 Å². The quantitative estimate of drug-likeness (QED) is 0.670. The molecule has 1 aromatic carbocycles. The van der Waals surface area contributed by atoms with Crippen molar-refractivity contribution < 1.29 is 4.79 Å². The molecule has 1 N–H and O–H groups in total. The Balaban J connectivity index is 1.67. The topological polar surface area (TPSA) is 67.8 Å². The number of hydrogen-bond donors (Lipinski definition) is 1. The van der Waals surface area contributed by atoms with Crippen molar-refractivity contribution in [2.75, 3.05) is 0 Å². The van der Waals surface area contributed by atoms with Crippen LogP contribution < -0.4 is 5.32 Å². The molecule has 1 fully saturated rings. The lowest BCUT2D eigenvalue weighted by atomic mass is 10.1. The van der Waals surface area contributed by atoms with E-state index < -0.39 is 5.54 Å². The number of aromatic nitrogens is 3. The third kappa shape index (κ3) is 3.87. The number of amides is 1. The van der Waals surface area contributed by atoms with Crippen LogP contribution >= 0.6 is 22.9 Å². The van der Waals surface area contributed by atoms with Gasteiger partial charge in [0.2, 0.25) is 0 Å². The van der Waals surface area contributed by atoms with E-state index in [1.165, 1.54) is 11.3 Å². The normalized spacial score (nSPS) is 14.2. The summed E-state index contributed by atoms with van der Waals surface area (Å²) in [6.45, 7) is 3.85. The maximum Gasteiger partial charge on any atom is 0.272 e. The Hall–Kier alpha value is -2.31. The SMILES string of the molecule is CC(C)(NC(=O)c1cnc(C2CC2)c(-c2cccc(Cl)c2)n1)c1nccs1. The highest BCUT2D eigenvalue weighted by molar-refractivity contribution is 7.09. The highest BCUT2D eigenvalue weighted by atomic mass is 35.5. The minimum Gasteiger partial charge on any atom is -0.339 e. The number of benzene rings is 1. The van der Waals surface area contributed by atoms with Gasteiger partial charge in [-0.15, -0.1) is 11.3 Å². The molecule has 27 heavy (non-hydrogen) atoms. The van der Waals surface area contributed by atoms with E-state index >= 15 is 0 Å². The molecule has 0 spiro atoms. The van der Waals surface area contributed by atoms with Gasteiger partial charge in [0, 0.05) is 28.1 Å². The predicted molar refractivity (Wildman–Crippen MR) is 107 cm³/mol. The number of rotatable bonds is 5. The summed E-state index contributed by atoms with van der Waals surface area (Å²) in [5, 5.41) is 6.38. The largest absolute Gasteiger partial charge is 0.339 e. The standard InChI is InChI=1S/C20H19ClN4OS/c1-20(2,19-22-8-9-27-19)25-18(26)15-11-23-16(12-6-7-12)17(24-15)13-4-3-5-14(21)10-13/h3-5,8-12H,6-7H2,1-2H3,(H,25,26). The van der Waals surface area contributed by atoms with E-state index in [2.05, 4.69) is 20.3 Å². The van der Waals surface area contributed by atoms with Crippen molar-refractivity contribution in [1.29, 1.82) is 0 Å². The molecule has 1 aliphatic carbocycles. The molecule has 0 aliphatic heterocycles. The maximum atomic E-state index is 12.8. The van der Waals surface area contributed by atoms with Gasteiger partial charge in [-0.05, 0) is 38.8 Å². The third-order valence-corrected chi connectivity index (χ3v) is 5.82. The Kier molecular flexibility index (Phi) is 4.70. The zero-order valence-corrected chi connectivity index (χ0v) is 16.6. The fourth-order valence-corrected chi connectivity index (χ4v) is 3.85. The molecule has 0 radical (unpaired) electrons. The molecule has 2 heterocycles. The average molecular weight is 399 g/mol. The smallest absolute Gasteiger partial charge is 0.272 e. The number of nitrogens with one attached hydrogen (secondary N) is 1. The number of halogens is 1. The molecule has 0 bridgehead atoms. The molecule has 7 heteroatoms. The second-order valence-corrected chi connectivity index (χ2v) is 8.52. The lowest BCUT2D eigenvalue weighted by Crippen LogP contribution is -2.41. The number of hydrogen-bond acceptors (Lipinski definition) is 5. The minimum atomic E-state index is -0.585. The second kappa shape index (κ2) is 7.02. The van der Waals surface area contributed by atoms with Crippen molar-refractivity contribution >= 4 is 28.8 Å². The summed E-state index contributed by atoms with van der Waals surface area (Å²) >= 11 is 7.66. The summed E-state index contributed by atoms with van der Waals surface area (Å²) in [6.07, 6.45) is 5.50. The molecule has 1 amide bonds. The van der Waals surface area contributed by atoms with E-state index in [0.717, 1.165) is 34.8 Å². The molecule has 1 aliphatic rings. The van der Waals surface area contributed by atoms with Crippen LogP contribution in [0.3, 0.4) is 0 Å². The van der Waals surface area contributed by atoms with Gasteiger partial charge in [-0.1, -0.05) is 23.7 Å². The highest BCUT2D eigenvalue weighted by Gasteiger charge is 2.31. The molecule has 4 rings (SSSR count). The van der Waals surface area contributed by atoms with Crippen LogP contribution in [0, 0.1) is 0 Å². The van der Waals surface area contributed by atoms with Gasteiger partial charge < -0.3 is 5.32 Å². The molecule has 1 saturated carbocycles. The van der Waals surface area contributed by atoms with Crippen molar-refractivity contribution in [1.82, 2.24) is 20.3 Å². The van der Waals surface area contributed by atoms with Crippen LogP contribution in [0.25, 0.3) is 11.3 Å². The first-order valence-electron chi connectivity index (χ1n) is 8.79. The first-order valence-corrected chi connectivity index (χ1v) is 10.0. The fraction of sp³-hybridized carbons (Fsp3) is 0.300. The molecule has 0 saturated heterocycles. The Bertz CT molecular complexity index is 983. The second-order valence-electron chi connectivity index (χ2n) is 7.19. The summed E-state index contributed by atoms with van der Waals surface area (Å²) in [5.41, 5.74) is 2.26. The third-order valence-electron chi connectivity index (χ3n) is 4.49. The van der Waals surface area contributed by atoms with E-state index in [1.54, 1.807) is 12.4 Å². The summed E-state index contributed by atoms with van der Waals surface area (Å²) in [7, 11) is 0. The van der Waals surface area contributed by atoms with Crippen LogP contribution in [-0.2, 0) is 5.54 Å². The zero-order valence-electron chi connectivity index (χ0n) is 15.1. The number of thiazole rings is 1. The number of carbonyl (C=O) groups is 1. The van der Waals surface area contributed by atoms with Crippen LogP contribution in [0.2, 0.25) is 5.02 Å². The van der Waals surface area contributed by atoms with Crippen molar-refractivity contribution in [2.45, 2.75) is 38.1 Å². The lowest BCUT2D eigenvalue weighted by molar-refractivity contribution is 0.0906.